The normalized spacial score (nSPS) is 18.6. The molecule has 1 rings (SSSR count). The van der Waals surface area contributed by atoms with E-state index >= 15 is 0 Å². The zero-order chi connectivity index (χ0) is 14.3. The number of rotatable bonds is 6. The number of carboxylic acid groups (broad SMARTS) is 1. The molecule has 3 N–H and O–H groups in total. The molecule has 19 heavy (non-hydrogen) atoms. The first kappa shape index (κ1) is 16.0. The van der Waals surface area contributed by atoms with Crippen molar-refractivity contribution in [2.24, 2.45) is 11.1 Å². The van der Waals surface area contributed by atoms with Gasteiger partial charge in [-0.1, -0.05) is 25.7 Å². The monoisotopic (exact) mass is 270 g/mol. The van der Waals surface area contributed by atoms with Crippen LogP contribution in [0.15, 0.2) is 0 Å². The van der Waals surface area contributed by atoms with Gasteiger partial charge in [-0.3, -0.25) is 9.59 Å². The first-order valence-corrected chi connectivity index (χ1v) is 7.19. The first-order chi connectivity index (χ1) is 9.02. The van der Waals surface area contributed by atoms with Crippen molar-refractivity contribution in [2.75, 3.05) is 20.1 Å². The number of carbonyl (C=O) groups excluding carboxylic acids is 1. The molecule has 1 aliphatic carbocycles. The maximum absolute atomic E-state index is 12.6. The molecule has 0 aliphatic heterocycles. The van der Waals surface area contributed by atoms with Crippen molar-refractivity contribution >= 4 is 11.9 Å². The van der Waals surface area contributed by atoms with Gasteiger partial charge in [0.15, 0.2) is 0 Å². The van der Waals surface area contributed by atoms with E-state index in [1.807, 2.05) is 0 Å². The summed E-state index contributed by atoms with van der Waals surface area (Å²) in [4.78, 5) is 24.7. The van der Waals surface area contributed by atoms with Crippen LogP contribution in [0.1, 0.15) is 51.4 Å². The number of hydrogen-bond donors (Lipinski definition) is 2. The van der Waals surface area contributed by atoms with Crippen LogP contribution in [0, 0.1) is 5.41 Å². The molecular weight excluding hydrogens is 244 g/mol. The van der Waals surface area contributed by atoms with Gasteiger partial charge in [-0.15, -0.1) is 0 Å². The maximum Gasteiger partial charge on any atom is 0.303 e. The van der Waals surface area contributed by atoms with Crippen LogP contribution in [0.4, 0.5) is 0 Å². The summed E-state index contributed by atoms with van der Waals surface area (Å²) >= 11 is 0. The van der Waals surface area contributed by atoms with E-state index < -0.39 is 11.4 Å². The van der Waals surface area contributed by atoms with E-state index in [1.54, 1.807) is 11.9 Å². The summed E-state index contributed by atoms with van der Waals surface area (Å²) in [5.74, 6) is -0.717. The average Bonchev–Trinajstić information content (AvgIpc) is 2.63. The summed E-state index contributed by atoms with van der Waals surface area (Å²) < 4.78 is 0. The van der Waals surface area contributed by atoms with Crippen LogP contribution in [0.3, 0.4) is 0 Å². The first-order valence-electron chi connectivity index (χ1n) is 7.19. The highest BCUT2D eigenvalue weighted by atomic mass is 16.4. The lowest BCUT2D eigenvalue weighted by Gasteiger charge is -2.34. The molecule has 0 aromatic rings. The summed E-state index contributed by atoms with van der Waals surface area (Å²) in [6.07, 6.45) is 6.82. The second kappa shape index (κ2) is 7.48. The van der Waals surface area contributed by atoms with Gasteiger partial charge in [0.05, 0.1) is 5.41 Å². The van der Waals surface area contributed by atoms with Crippen LogP contribution >= 0.6 is 0 Å². The highest BCUT2D eigenvalue weighted by Gasteiger charge is 2.38. The van der Waals surface area contributed by atoms with E-state index in [4.69, 9.17) is 10.8 Å². The predicted octanol–water partition coefficient (Wildman–Crippen LogP) is 1.61. The van der Waals surface area contributed by atoms with Crippen molar-refractivity contribution in [1.29, 1.82) is 0 Å². The molecule has 0 atom stereocenters. The Labute approximate surface area is 115 Å². The highest BCUT2D eigenvalue weighted by Crippen LogP contribution is 2.35. The molecule has 1 saturated carbocycles. The third kappa shape index (κ3) is 4.49. The molecular formula is C14H26N2O3. The Morgan fingerprint density at radius 2 is 1.79 bits per heavy atom. The predicted molar refractivity (Wildman–Crippen MR) is 73.7 cm³/mol. The molecule has 0 saturated heterocycles. The molecule has 0 radical (unpaired) electrons. The molecule has 0 aromatic heterocycles. The molecule has 0 unspecified atom stereocenters. The molecule has 0 bridgehead atoms. The van der Waals surface area contributed by atoms with Gasteiger partial charge in [0.1, 0.15) is 0 Å². The molecule has 1 amide bonds. The van der Waals surface area contributed by atoms with Gasteiger partial charge in [0.25, 0.3) is 0 Å². The molecule has 1 fully saturated rings. The maximum atomic E-state index is 12.6. The van der Waals surface area contributed by atoms with Crippen molar-refractivity contribution < 1.29 is 14.7 Å². The van der Waals surface area contributed by atoms with Gasteiger partial charge in [-0.05, 0) is 19.3 Å². The van der Waals surface area contributed by atoms with Gasteiger partial charge in [0.2, 0.25) is 5.91 Å². The molecule has 0 spiro atoms. The van der Waals surface area contributed by atoms with E-state index in [0.29, 0.717) is 19.5 Å². The van der Waals surface area contributed by atoms with Gasteiger partial charge >= 0.3 is 5.97 Å². The van der Waals surface area contributed by atoms with Crippen LogP contribution in [-0.4, -0.2) is 42.0 Å². The zero-order valence-electron chi connectivity index (χ0n) is 11.9. The number of carboxylic acids is 1. The van der Waals surface area contributed by atoms with Gasteiger partial charge in [-0.25, -0.2) is 0 Å². The smallest absolute Gasteiger partial charge is 0.303 e. The molecule has 1 aliphatic rings. The summed E-state index contributed by atoms with van der Waals surface area (Å²) in [5, 5.41) is 8.62. The third-order valence-corrected chi connectivity index (χ3v) is 4.14. The summed E-state index contributed by atoms with van der Waals surface area (Å²) in [6.45, 7) is 0.891. The number of carbonyl (C=O) groups is 2. The Hall–Kier alpha value is -1.10. The van der Waals surface area contributed by atoms with Gasteiger partial charge in [-0.2, -0.15) is 0 Å². The minimum atomic E-state index is -0.816. The summed E-state index contributed by atoms with van der Waals surface area (Å²) in [7, 11) is 1.76. The van der Waals surface area contributed by atoms with Crippen molar-refractivity contribution in [3.05, 3.63) is 0 Å². The van der Waals surface area contributed by atoms with E-state index in [0.717, 1.165) is 25.7 Å². The standard InChI is InChI=1S/C14H26N2O3/c1-16(10-6-7-12(17)18)13(19)14(11-15)8-4-2-3-5-9-14/h2-11,15H2,1H3,(H,17,18). The van der Waals surface area contributed by atoms with Crippen molar-refractivity contribution in [3.63, 3.8) is 0 Å². The van der Waals surface area contributed by atoms with Crippen LogP contribution < -0.4 is 5.73 Å². The number of nitrogens with zero attached hydrogens (tertiary/aromatic N) is 1. The van der Waals surface area contributed by atoms with Crippen LogP contribution in [0.25, 0.3) is 0 Å². The van der Waals surface area contributed by atoms with Gasteiger partial charge in [0, 0.05) is 26.6 Å². The Bertz CT molecular complexity index is 310. The van der Waals surface area contributed by atoms with Crippen LogP contribution in [0.2, 0.25) is 0 Å². The highest BCUT2D eigenvalue weighted by molar-refractivity contribution is 5.82. The Kier molecular flexibility index (Phi) is 6.28. The van der Waals surface area contributed by atoms with Crippen LogP contribution in [-0.2, 0) is 9.59 Å². The minimum Gasteiger partial charge on any atom is -0.481 e. The van der Waals surface area contributed by atoms with E-state index in [9.17, 15) is 9.59 Å². The molecule has 5 heteroatoms. The van der Waals surface area contributed by atoms with E-state index in [-0.39, 0.29) is 12.3 Å². The Morgan fingerprint density at radius 3 is 2.26 bits per heavy atom. The lowest BCUT2D eigenvalue weighted by atomic mass is 9.79. The van der Waals surface area contributed by atoms with Crippen molar-refractivity contribution in [3.8, 4) is 0 Å². The quantitative estimate of drug-likeness (QED) is 0.718. The summed E-state index contributed by atoms with van der Waals surface area (Å²) in [6, 6.07) is 0. The lowest BCUT2D eigenvalue weighted by Crippen LogP contribution is -2.46. The molecule has 0 heterocycles. The number of aliphatic carboxylic acids is 1. The fraction of sp³-hybridized carbons (Fsp3) is 0.857. The molecule has 0 aromatic carbocycles. The minimum absolute atomic E-state index is 0.0993. The van der Waals surface area contributed by atoms with Crippen molar-refractivity contribution in [1.82, 2.24) is 4.90 Å². The lowest BCUT2D eigenvalue weighted by molar-refractivity contribution is -0.142. The topological polar surface area (TPSA) is 83.6 Å². The molecule has 5 nitrogen and oxygen atoms in total. The van der Waals surface area contributed by atoms with E-state index in [2.05, 4.69) is 0 Å². The summed E-state index contributed by atoms with van der Waals surface area (Å²) in [5.41, 5.74) is 5.47. The Balaban J connectivity index is 2.58. The fourth-order valence-electron chi connectivity index (χ4n) is 2.88. The number of nitrogens with two attached hydrogens (primary N) is 1. The fourth-order valence-corrected chi connectivity index (χ4v) is 2.88. The SMILES string of the molecule is CN(CCCC(=O)O)C(=O)C1(CN)CCCCCC1. The second-order valence-electron chi connectivity index (χ2n) is 5.62. The zero-order valence-corrected chi connectivity index (χ0v) is 11.9. The largest absolute Gasteiger partial charge is 0.481 e. The van der Waals surface area contributed by atoms with Gasteiger partial charge < -0.3 is 15.7 Å². The number of hydrogen-bond acceptors (Lipinski definition) is 3. The van der Waals surface area contributed by atoms with E-state index in [1.165, 1.54) is 12.8 Å². The molecule has 110 valence electrons. The second-order valence-corrected chi connectivity index (χ2v) is 5.62. The average molecular weight is 270 g/mol. The third-order valence-electron chi connectivity index (χ3n) is 4.14. The number of amides is 1. The Morgan fingerprint density at radius 1 is 1.21 bits per heavy atom. The van der Waals surface area contributed by atoms with Crippen LogP contribution in [0.5, 0.6) is 0 Å². The van der Waals surface area contributed by atoms with Crippen molar-refractivity contribution in [2.45, 2.75) is 51.4 Å².